The van der Waals surface area contributed by atoms with Gasteiger partial charge < -0.3 is 5.32 Å². The van der Waals surface area contributed by atoms with Crippen LogP contribution in [0.25, 0.3) is 10.9 Å². The molecule has 0 saturated carbocycles. The molecule has 0 aliphatic rings. The molecule has 1 N–H and O–H groups in total. The number of hydrogen-bond acceptors (Lipinski definition) is 3. The summed E-state index contributed by atoms with van der Waals surface area (Å²) >= 11 is 0. The lowest BCUT2D eigenvalue weighted by Crippen LogP contribution is -1.97. The quantitative estimate of drug-likeness (QED) is 0.830. The molecule has 3 nitrogen and oxygen atoms in total. The van der Waals surface area contributed by atoms with E-state index in [0.717, 1.165) is 23.0 Å². The van der Waals surface area contributed by atoms with Crippen molar-refractivity contribution < 1.29 is 0 Å². The van der Waals surface area contributed by atoms with E-state index < -0.39 is 0 Å². The van der Waals surface area contributed by atoms with Crippen molar-refractivity contribution in [1.29, 1.82) is 5.26 Å². The van der Waals surface area contributed by atoms with Gasteiger partial charge in [-0.1, -0.05) is 25.1 Å². The lowest BCUT2D eigenvalue weighted by Gasteiger charge is -2.09. The van der Waals surface area contributed by atoms with Crippen LogP contribution in [0, 0.1) is 11.3 Å². The lowest BCUT2D eigenvalue weighted by atomic mass is 10.0. The summed E-state index contributed by atoms with van der Waals surface area (Å²) < 4.78 is 0. The Morgan fingerprint density at radius 2 is 2.25 bits per heavy atom. The summed E-state index contributed by atoms with van der Waals surface area (Å²) in [6.07, 6.45) is 2.58. The number of nitrogens with zero attached hydrogens (tertiary/aromatic N) is 2. The number of aryl methyl sites for hydroxylation is 1. The van der Waals surface area contributed by atoms with Crippen LogP contribution in [0.3, 0.4) is 0 Å². The van der Waals surface area contributed by atoms with Gasteiger partial charge in [-0.25, -0.2) is 0 Å². The molecule has 0 atom stereocenters. The van der Waals surface area contributed by atoms with Crippen LogP contribution in [0.1, 0.15) is 18.1 Å². The molecule has 0 spiro atoms. The third-order valence-corrected chi connectivity index (χ3v) is 2.73. The summed E-state index contributed by atoms with van der Waals surface area (Å²) in [5, 5.41) is 13.1. The zero-order valence-electron chi connectivity index (χ0n) is 9.41. The predicted octanol–water partition coefficient (Wildman–Crippen LogP) is 2.71. The first-order valence-electron chi connectivity index (χ1n) is 5.30. The van der Waals surface area contributed by atoms with E-state index >= 15 is 0 Å². The molecule has 3 heteroatoms. The van der Waals surface area contributed by atoms with Gasteiger partial charge in [-0.15, -0.1) is 0 Å². The maximum atomic E-state index is 9.01. The highest BCUT2D eigenvalue weighted by Crippen LogP contribution is 2.27. The third kappa shape index (κ3) is 1.49. The van der Waals surface area contributed by atoms with Crippen LogP contribution in [-0.2, 0) is 6.42 Å². The Bertz CT molecular complexity index is 567. The fourth-order valence-corrected chi connectivity index (χ4v) is 1.92. The average Bonchev–Trinajstić information content (AvgIpc) is 2.36. The molecule has 1 aromatic heterocycles. The fraction of sp³-hybridized carbons (Fsp3) is 0.231. The Labute approximate surface area is 94.7 Å². The topological polar surface area (TPSA) is 48.7 Å². The minimum Gasteiger partial charge on any atom is -0.386 e. The normalized spacial score (nSPS) is 10.1. The van der Waals surface area contributed by atoms with Gasteiger partial charge in [-0.05, 0) is 12.0 Å². The van der Waals surface area contributed by atoms with Crippen LogP contribution in [0.5, 0.6) is 0 Å². The van der Waals surface area contributed by atoms with E-state index in [-0.39, 0.29) is 0 Å². The minimum atomic E-state index is 0.586. The van der Waals surface area contributed by atoms with Crippen molar-refractivity contribution in [3.05, 3.63) is 35.5 Å². The van der Waals surface area contributed by atoms with E-state index in [4.69, 9.17) is 5.26 Å². The maximum absolute atomic E-state index is 9.01. The highest BCUT2D eigenvalue weighted by Gasteiger charge is 2.08. The van der Waals surface area contributed by atoms with Crippen LogP contribution in [0.15, 0.2) is 24.4 Å². The molecule has 0 bridgehead atoms. The predicted molar refractivity (Wildman–Crippen MR) is 65.4 cm³/mol. The Kier molecular flexibility index (Phi) is 2.74. The van der Waals surface area contributed by atoms with Crippen molar-refractivity contribution in [2.24, 2.45) is 0 Å². The zero-order chi connectivity index (χ0) is 11.5. The van der Waals surface area contributed by atoms with Gasteiger partial charge in [0, 0.05) is 18.6 Å². The van der Waals surface area contributed by atoms with E-state index in [1.165, 1.54) is 5.56 Å². The molecule has 0 aliphatic carbocycles. The highest BCUT2D eigenvalue weighted by molar-refractivity contribution is 5.95. The first kappa shape index (κ1) is 10.4. The third-order valence-electron chi connectivity index (χ3n) is 2.73. The number of nitriles is 1. The maximum Gasteiger partial charge on any atom is 0.103 e. The first-order chi connectivity index (χ1) is 7.81. The lowest BCUT2D eigenvalue weighted by molar-refractivity contribution is 1.14. The number of hydrogen-bond donors (Lipinski definition) is 1. The molecule has 1 aromatic carbocycles. The standard InChI is InChI=1S/C13H13N3/c1-3-9-5-4-6-11-12(15-2)10(7-14)8-16-13(9)11/h4-6,8H,3H2,1-2H3,(H,15,16). The molecule has 1 heterocycles. The van der Waals surface area contributed by atoms with Crippen molar-refractivity contribution in [3.63, 3.8) is 0 Å². The molecule has 0 unspecified atom stereocenters. The van der Waals surface area contributed by atoms with Gasteiger partial charge in [0.25, 0.3) is 0 Å². The molecule has 2 aromatic rings. The van der Waals surface area contributed by atoms with Gasteiger partial charge in [-0.3, -0.25) is 4.98 Å². The Balaban J connectivity index is 2.85. The van der Waals surface area contributed by atoms with Crippen molar-refractivity contribution in [3.8, 4) is 6.07 Å². The second-order valence-electron chi connectivity index (χ2n) is 3.58. The average molecular weight is 211 g/mol. The Hall–Kier alpha value is -2.08. The number of anilines is 1. The Morgan fingerprint density at radius 3 is 2.88 bits per heavy atom. The largest absolute Gasteiger partial charge is 0.386 e. The smallest absolute Gasteiger partial charge is 0.103 e. The fourth-order valence-electron chi connectivity index (χ4n) is 1.92. The van der Waals surface area contributed by atoms with Crippen molar-refractivity contribution in [1.82, 2.24) is 4.98 Å². The second kappa shape index (κ2) is 4.19. The summed E-state index contributed by atoms with van der Waals surface area (Å²) in [5.41, 5.74) is 3.64. The Morgan fingerprint density at radius 1 is 1.44 bits per heavy atom. The van der Waals surface area contributed by atoms with Crippen molar-refractivity contribution in [2.45, 2.75) is 13.3 Å². The van der Waals surface area contributed by atoms with Crippen molar-refractivity contribution in [2.75, 3.05) is 12.4 Å². The summed E-state index contributed by atoms with van der Waals surface area (Å²) in [4.78, 5) is 4.37. The number of fused-ring (bicyclic) bond motifs is 1. The van der Waals surface area contributed by atoms with E-state index in [1.807, 2.05) is 19.2 Å². The number of benzene rings is 1. The summed E-state index contributed by atoms with van der Waals surface area (Å²) in [6.45, 7) is 2.10. The SMILES string of the molecule is CCc1cccc2c(NC)c(C#N)cnc12. The van der Waals surface area contributed by atoms with E-state index in [0.29, 0.717) is 5.56 Å². The molecule has 0 fully saturated rings. The summed E-state index contributed by atoms with van der Waals surface area (Å²) in [7, 11) is 1.83. The summed E-state index contributed by atoms with van der Waals surface area (Å²) in [5.74, 6) is 0. The summed E-state index contributed by atoms with van der Waals surface area (Å²) in [6, 6.07) is 8.22. The van der Waals surface area contributed by atoms with Gasteiger partial charge in [-0.2, -0.15) is 5.26 Å². The van der Waals surface area contributed by atoms with Crippen LogP contribution >= 0.6 is 0 Å². The van der Waals surface area contributed by atoms with Crippen LogP contribution in [0.2, 0.25) is 0 Å². The number of pyridine rings is 1. The van der Waals surface area contributed by atoms with Gasteiger partial charge in [0.05, 0.1) is 16.8 Å². The molecule has 0 radical (unpaired) electrons. The van der Waals surface area contributed by atoms with Gasteiger partial charge >= 0.3 is 0 Å². The molecule has 0 saturated heterocycles. The molecule has 0 aliphatic heterocycles. The van der Waals surface area contributed by atoms with E-state index in [9.17, 15) is 0 Å². The number of nitrogens with one attached hydrogen (secondary N) is 1. The molecular weight excluding hydrogens is 198 g/mol. The van der Waals surface area contributed by atoms with Crippen LogP contribution < -0.4 is 5.32 Å². The number of para-hydroxylation sites is 1. The number of rotatable bonds is 2. The van der Waals surface area contributed by atoms with Crippen molar-refractivity contribution >= 4 is 16.6 Å². The van der Waals surface area contributed by atoms with Crippen LogP contribution in [-0.4, -0.2) is 12.0 Å². The van der Waals surface area contributed by atoms with Crippen LogP contribution in [0.4, 0.5) is 5.69 Å². The monoisotopic (exact) mass is 211 g/mol. The molecular formula is C13H13N3. The zero-order valence-corrected chi connectivity index (χ0v) is 9.41. The first-order valence-corrected chi connectivity index (χ1v) is 5.30. The molecule has 2 rings (SSSR count). The molecule has 80 valence electrons. The van der Waals surface area contributed by atoms with E-state index in [1.54, 1.807) is 6.20 Å². The molecule has 0 amide bonds. The van der Waals surface area contributed by atoms with Gasteiger partial charge in [0.2, 0.25) is 0 Å². The van der Waals surface area contributed by atoms with Gasteiger partial charge in [0.1, 0.15) is 6.07 Å². The number of aromatic nitrogens is 1. The second-order valence-corrected chi connectivity index (χ2v) is 3.58. The minimum absolute atomic E-state index is 0.586. The molecule has 16 heavy (non-hydrogen) atoms. The van der Waals surface area contributed by atoms with Gasteiger partial charge in [0.15, 0.2) is 0 Å². The highest BCUT2D eigenvalue weighted by atomic mass is 14.8. The van der Waals surface area contributed by atoms with E-state index in [2.05, 4.69) is 29.4 Å².